The molecule has 5 nitrogen and oxygen atoms in total. The van der Waals surface area contributed by atoms with Crippen LogP contribution in [0.3, 0.4) is 0 Å². The van der Waals surface area contributed by atoms with Crippen LogP contribution in [0, 0.1) is 5.82 Å². The number of nitrogen functional groups attached to an aromatic ring is 1. The minimum atomic E-state index is -3.82. The van der Waals surface area contributed by atoms with Gasteiger partial charge in [0.05, 0.1) is 17.7 Å². The van der Waals surface area contributed by atoms with E-state index in [0.717, 1.165) is 6.07 Å². The molecule has 0 atom stereocenters. The minimum absolute atomic E-state index is 0.0474. The summed E-state index contributed by atoms with van der Waals surface area (Å²) in [4.78, 5) is -0.183. The van der Waals surface area contributed by atoms with E-state index >= 15 is 0 Å². The van der Waals surface area contributed by atoms with Crippen molar-refractivity contribution in [1.82, 2.24) is 4.31 Å². The minimum Gasteiger partial charge on any atom is -0.492 e. The summed E-state index contributed by atoms with van der Waals surface area (Å²) in [6.07, 6.45) is 0.622. The number of hydrogen-bond donors (Lipinski definition) is 1. The average molecular weight is 304 g/mol. The standard InChI is InChI=1S/C13H21FN2O3S/c1-6-13(2,3)16(4)20(17,18)9-7-10(14)12(19-5)11(15)8-9/h7-8H,6,15H2,1-5H3. The monoisotopic (exact) mass is 304 g/mol. The van der Waals surface area contributed by atoms with Gasteiger partial charge in [0.2, 0.25) is 10.0 Å². The zero-order valence-electron chi connectivity index (χ0n) is 12.4. The normalized spacial score (nSPS) is 12.8. The van der Waals surface area contributed by atoms with Gasteiger partial charge in [-0.2, -0.15) is 4.31 Å². The molecule has 0 aliphatic rings. The van der Waals surface area contributed by atoms with Crippen molar-refractivity contribution in [3.8, 4) is 5.75 Å². The topological polar surface area (TPSA) is 72.6 Å². The lowest BCUT2D eigenvalue weighted by molar-refractivity contribution is 0.257. The maximum atomic E-state index is 13.8. The van der Waals surface area contributed by atoms with Crippen LogP contribution in [-0.2, 0) is 10.0 Å². The summed E-state index contributed by atoms with van der Waals surface area (Å²) in [5, 5.41) is 0. The Kier molecular flexibility index (Phi) is 4.66. The first-order chi connectivity index (χ1) is 9.07. The van der Waals surface area contributed by atoms with E-state index in [2.05, 4.69) is 0 Å². The molecule has 0 spiro atoms. The maximum Gasteiger partial charge on any atom is 0.243 e. The molecule has 0 saturated heterocycles. The van der Waals surface area contributed by atoms with Crippen molar-refractivity contribution in [2.75, 3.05) is 19.9 Å². The Labute approximate surface area is 119 Å². The molecular formula is C13H21FN2O3S. The number of anilines is 1. The van der Waals surface area contributed by atoms with Gasteiger partial charge in [-0.3, -0.25) is 0 Å². The lowest BCUT2D eigenvalue weighted by Crippen LogP contribution is -2.44. The van der Waals surface area contributed by atoms with Gasteiger partial charge in [0.25, 0.3) is 0 Å². The maximum absolute atomic E-state index is 13.8. The molecule has 1 aromatic rings. The van der Waals surface area contributed by atoms with E-state index in [0.29, 0.717) is 6.42 Å². The highest BCUT2D eigenvalue weighted by Gasteiger charge is 2.33. The van der Waals surface area contributed by atoms with Gasteiger partial charge in [0.15, 0.2) is 11.6 Å². The number of halogens is 1. The molecule has 1 aromatic carbocycles. The summed E-state index contributed by atoms with van der Waals surface area (Å²) >= 11 is 0. The van der Waals surface area contributed by atoms with Gasteiger partial charge in [-0.05, 0) is 32.4 Å². The van der Waals surface area contributed by atoms with Crippen molar-refractivity contribution in [1.29, 1.82) is 0 Å². The number of ether oxygens (including phenoxy) is 1. The van der Waals surface area contributed by atoms with Crippen LogP contribution in [0.2, 0.25) is 0 Å². The fourth-order valence-electron chi connectivity index (χ4n) is 1.66. The van der Waals surface area contributed by atoms with Gasteiger partial charge in [0, 0.05) is 12.6 Å². The van der Waals surface area contributed by atoms with Crippen molar-refractivity contribution >= 4 is 15.7 Å². The first-order valence-corrected chi connectivity index (χ1v) is 7.64. The van der Waals surface area contributed by atoms with Gasteiger partial charge in [-0.15, -0.1) is 0 Å². The molecule has 0 aromatic heterocycles. The quantitative estimate of drug-likeness (QED) is 0.847. The van der Waals surface area contributed by atoms with E-state index in [1.807, 2.05) is 6.92 Å². The second-order valence-corrected chi connectivity index (χ2v) is 7.14. The predicted octanol–water partition coefficient (Wildman–Crippen LogP) is 2.23. The highest BCUT2D eigenvalue weighted by molar-refractivity contribution is 7.89. The van der Waals surface area contributed by atoms with E-state index in [-0.39, 0.29) is 16.3 Å². The summed E-state index contributed by atoms with van der Waals surface area (Å²) in [5.41, 5.74) is 5.00. The Morgan fingerprint density at radius 3 is 2.35 bits per heavy atom. The summed E-state index contributed by atoms with van der Waals surface area (Å²) < 4.78 is 44.8. The smallest absolute Gasteiger partial charge is 0.243 e. The van der Waals surface area contributed by atoms with E-state index in [1.165, 1.54) is 24.5 Å². The van der Waals surface area contributed by atoms with Crippen molar-refractivity contribution < 1.29 is 17.5 Å². The molecule has 0 saturated carbocycles. The number of rotatable bonds is 5. The fraction of sp³-hybridized carbons (Fsp3) is 0.538. The molecule has 0 amide bonds. The molecule has 0 aliphatic carbocycles. The number of hydrogen-bond acceptors (Lipinski definition) is 4. The Morgan fingerprint density at radius 1 is 1.40 bits per heavy atom. The molecule has 20 heavy (non-hydrogen) atoms. The molecule has 0 fully saturated rings. The number of sulfonamides is 1. The van der Waals surface area contributed by atoms with Gasteiger partial charge < -0.3 is 10.5 Å². The van der Waals surface area contributed by atoms with Crippen LogP contribution in [0.1, 0.15) is 27.2 Å². The molecule has 0 heterocycles. The molecule has 0 unspecified atom stereocenters. The van der Waals surface area contributed by atoms with Crippen LogP contribution in [0.25, 0.3) is 0 Å². The summed E-state index contributed by atoms with van der Waals surface area (Å²) in [6.45, 7) is 5.48. The van der Waals surface area contributed by atoms with Gasteiger partial charge >= 0.3 is 0 Å². The zero-order valence-corrected chi connectivity index (χ0v) is 13.2. The first kappa shape index (κ1) is 16.7. The third-order valence-corrected chi connectivity index (χ3v) is 5.67. The highest BCUT2D eigenvalue weighted by atomic mass is 32.2. The predicted molar refractivity (Wildman–Crippen MR) is 76.7 cm³/mol. The van der Waals surface area contributed by atoms with E-state index in [9.17, 15) is 12.8 Å². The first-order valence-electron chi connectivity index (χ1n) is 6.20. The Hall–Kier alpha value is -1.34. The van der Waals surface area contributed by atoms with Gasteiger partial charge in [-0.1, -0.05) is 6.92 Å². The Bertz CT molecular complexity index is 577. The molecular weight excluding hydrogens is 283 g/mol. The summed E-state index contributed by atoms with van der Waals surface area (Å²) in [6, 6.07) is 2.13. The lowest BCUT2D eigenvalue weighted by atomic mass is 10.0. The molecule has 114 valence electrons. The third-order valence-electron chi connectivity index (χ3n) is 3.63. The largest absolute Gasteiger partial charge is 0.492 e. The molecule has 2 N–H and O–H groups in total. The van der Waals surface area contributed by atoms with Crippen molar-refractivity contribution in [3.63, 3.8) is 0 Å². The fourth-order valence-corrected chi connectivity index (χ4v) is 3.28. The van der Waals surface area contributed by atoms with Crippen molar-refractivity contribution in [3.05, 3.63) is 17.9 Å². The lowest BCUT2D eigenvalue weighted by Gasteiger charge is -2.33. The van der Waals surface area contributed by atoms with Crippen LogP contribution >= 0.6 is 0 Å². The Morgan fingerprint density at radius 2 is 1.95 bits per heavy atom. The molecule has 1 rings (SSSR count). The molecule has 0 bridgehead atoms. The Balaban J connectivity index is 3.38. The molecule has 0 aliphatic heterocycles. The zero-order chi connectivity index (χ0) is 15.7. The van der Waals surface area contributed by atoms with E-state index in [1.54, 1.807) is 13.8 Å². The van der Waals surface area contributed by atoms with Crippen LogP contribution in [0.15, 0.2) is 17.0 Å². The van der Waals surface area contributed by atoms with Crippen LogP contribution in [0.4, 0.5) is 10.1 Å². The van der Waals surface area contributed by atoms with E-state index in [4.69, 9.17) is 10.5 Å². The van der Waals surface area contributed by atoms with Crippen molar-refractivity contribution in [2.24, 2.45) is 0 Å². The van der Waals surface area contributed by atoms with Crippen LogP contribution in [0.5, 0.6) is 5.75 Å². The number of methoxy groups -OCH3 is 1. The highest BCUT2D eigenvalue weighted by Crippen LogP contribution is 2.31. The summed E-state index contributed by atoms with van der Waals surface area (Å²) in [5.74, 6) is -0.949. The second-order valence-electron chi connectivity index (χ2n) is 5.17. The van der Waals surface area contributed by atoms with Crippen LogP contribution < -0.4 is 10.5 Å². The number of benzene rings is 1. The molecule has 0 radical (unpaired) electrons. The number of nitrogens with two attached hydrogens (primary N) is 1. The molecule has 7 heteroatoms. The SMILES string of the molecule is CCC(C)(C)N(C)S(=O)(=O)c1cc(N)c(OC)c(F)c1. The van der Waals surface area contributed by atoms with Gasteiger partial charge in [-0.25, -0.2) is 12.8 Å². The van der Waals surface area contributed by atoms with E-state index < -0.39 is 21.4 Å². The average Bonchev–Trinajstić information content (AvgIpc) is 2.37. The third kappa shape index (κ3) is 2.88. The van der Waals surface area contributed by atoms with Crippen LogP contribution in [-0.4, -0.2) is 32.4 Å². The second kappa shape index (κ2) is 5.57. The summed E-state index contributed by atoms with van der Waals surface area (Å²) in [7, 11) is -1.08. The van der Waals surface area contributed by atoms with Gasteiger partial charge in [0.1, 0.15) is 0 Å². The van der Waals surface area contributed by atoms with Crippen molar-refractivity contribution in [2.45, 2.75) is 37.6 Å². The number of nitrogens with zero attached hydrogens (tertiary/aromatic N) is 1.